The lowest BCUT2D eigenvalue weighted by Crippen LogP contribution is -2.43. The van der Waals surface area contributed by atoms with Gasteiger partial charge in [0.2, 0.25) is 0 Å². The number of rotatable bonds is 4. The maximum atomic E-state index is 13.0. The van der Waals surface area contributed by atoms with Gasteiger partial charge in [-0.2, -0.15) is 13.2 Å². The minimum absolute atomic E-state index is 0.0664. The Kier molecular flexibility index (Phi) is 3.83. The van der Waals surface area contributed by atoms with E-state index in [-0.39, 0.29) is 5.56 Å². The van der Waals surface area contributed by atoms with Crippen LogP contribution in [0.15, 0.2) is 36.9 Å². The van der Waals surface area contributed by atoms with Crippen LogP contribution in [0, 0.1) is 0 Å². The van der Waals surface area contributed by atoms with E-state index >= 15 is 0 Å². The summed E-state index contributed by atoms with van der Waals surface area (Å²) in [5.74, 6) is 0.451. The molecule has 5 heteroatoms. The van der Waals surface area contributed by atoms with Crippen molar-refractivity contribution >= 4 is 0 Å². The number of aliphatic hydroxyl groups excluding tert-OH is 1. The summed E-state index contributed by atoms with van der Waals surface area (Å²) in [5.41, 5.74) is -2.50. The highest BCUT2D eigenvalue weighted by molar-refractivity contribution is 5.37. The number of hydrogen-bond acceptors (Lipinski definition) is 2. The van der Waals surface area contributed by atoms with Crippen molar-refractivity contribution in [1.29, 1.82) is 0 Å². The van der Waals surface area contributed by atoms with Crippen molar-refractivity contribution < 1.29 is 23.0 Å². The fraction of sp³-hybridized carbons (Fsp3) is 0.333. The smallest absolute Gasteiger partial charge is 0.404 e. The van der Waals surface area contributed by atoms with Gasteiger partial charge in [0.25, 0.3) is 0 Å². The Labute approximate surface area is 97.3 Å². The van der Waals surface area contributed by atoms with Crippen LogP contribution in [0.5, 0.6) is 5.75 Å². The number of hydrogen-bond donors (Lipinski definition) is 1. The Morgan fingerprint density at radius 2 is 1.82 bits per heavy atom. The van der Waals surface area contributed by atoms with Crippen LogP contribution in [0.25, 0.3) is 0 Å². The van der Waals surface area contributed by atoms with Gasteiger partial charge in [0.15, 0.2) is 0 Å². The van der Waals surface area contributed by atoms with Gasteiger partial charge in [0, 0.05) is 0 Å². The number of benzene rings is 1. The molecule has 0 aliphatic carbocycles. The van der Waals surface area contributed by atoms with Gasteiger partial charge < -0.3 is 9.84 Å². The van der Waals surface area contributed by atoms with Gasteiger partial charge in [0.1, 0.15) is 11.2 Å². The van der Waals surface area contributed by atoms with E-state index in [4.69, 9.17) is 9.84 Å². The van der Waals surface area contributed by atoms with Gasteiger partial charge in [-0.1, -0.05) is 18.2 Å². The molecule has 94 valence electrons. The molecule has 0 aliphatic rings. The summed E-state index contributed by atoms with van der Waals surface area (Å²) in [5, 5.41) is 9.07. The number of aliphatic hydroxyl groups is 1. The van der Waals surface area contributed by atoms with Gasteiger partial charge in [-0.3, -0.25) is 0 Å². The van der Waals surface area contributed by atoms with E-state index in [1.54, 1.807) is 0 Å². The molecule has 0 bridgehead atoms. The molecule has 0 saturated carbocycles. The quantitative estimate of drug-likeness (QED) is 0.828. The van der Waals surface area contributed by atoms with E-state index in [0.717, 1.165) is 6.08 Å². The number of halogens is 3. The van der Waals surface area contributed by atoms with Crippen LogP contribution in [-0.4, -0.2) is 25.0 Å². The molecule has 17 heavy (non-hydrogen) atoms. The zero-order valence-corrected chi connectivity index (χ0v) is 9.29. The molecule has 1 aromatic carbocycles. The average molecular weight is 246 g/mol. The molecule has 2 nitrogen and oxygen atoms in total. The van der Waals surface area contributed by atoms with Crippen LogP contribution in [0.1, 0.15) is 5.56 Å². The maximum absolute atomic E-state index is 13.0. The van der Waals surface area contributed by atoms with Gasteiger partial charge in [-0.05, 0) is 17.7 Å². The van der Waals surface area contributed by atoms with Gasteiger partial charge >= 0.3 is 6.18 Å². The first kappa shape index (κ1) is 13.6. The molecule has 0 fully saturated rings. The van der Waals surface area contributed by atoms with E-state index in [1.165, 1.54) is 31.4 Å². The molecule has 0 aromatic heterocycles. The van der Waals surface area contributed by atoms with Crippen molar-refractivity contribution in [2.75, 3.05) is 13.7 Å². The molecule has 0 spiro atoms. The molecule has 0 radical (unpaired) electrons. The first-order valence-corrected chi connectivity index (χ1v) is 4.87. The summed E-state index contributed by atoms with van der Waals surface area (Å²) >= 11 is 0. The predicted octanol–water partition coefficient (Wildman–Crippen LogP) is 2.67. The van der Waals surface area contributed by atoms with E-state index in [1.807, 2.05) is 0 Å². The van der Waals surface area contributed by atoms with Crippen LogP contribution >= 0.6 is 0 Å². The highest BCUT2D eigenvalue weighted by Crippen LogP contribution is 2.42. The second-order valence-corrected chi connectivity index (χ2v) is 3.56. The lowest BCUT2D eigenvalue weighted by Gasteiger charge is -2.31. The number of alkyl halides is 3. The Morgan fingerprint density at radius 1 is 1.29 bits per heavy atom. The second-order valence-electron chi connectivity index (χ2n) is 3.56. The molecule has 1 rings (SSSR count). The molecule has 0 heterocycles. The van der Waals surface area contributed by atoms with Crippen LogP contribution in [0.4, 0.5) is 13.2 Å². The normalized spacial score (nSPS) is 15.1. The summed E-state index contributed by atoms with van der Waals surface area (Å²) < 4.78 is 43.8. The third-order valence-corrected chi connectivity index (χ3v) is 2.71. The van der Waals surface area contributed by atoms with E-state index in [2.05, 4.69) is 6.58 Å². The van der Waals surface area contributed by atoms with E-state index in [9.17, 15) is 13.2 Å². The van der Waals surface area contributed by atoms with E-state index < -0.39 is 18.2 Å². The first-order chi connectivity index (χ1) is 7.91. The van der Waals surface area contributed by atoms with Crippen LogP contribution in [0.3, 0.4) is 0 Å². The molecule has 1 N–H and O–H groups in total. The van der Waals surface area contributed by atoms with Crippen LogP contribution < -0.4 is 4.74 Å². The highest BCUT2D eigenvalue weighted by atomic mass is 19.4. The largest absolute Gasteiger partial charge is 0.497 e. The Hall–Kier alpha value is -1.49. The lowest BCUT2D eigenvalue weighted by atomic mass is 9.80. The van der Waals surface area contributed by atoms with Crippen molar-refractivity contribution in [2.45, 2.75) is 11.6 Å². The minimum Gasteiger partial charge on any atom is -0.497 e. The fourth-order valence-electron chi connectivity index (χ4n) is 1.53. The van der Waals surface area contributed by atoms with Gasteiger partial charge in [-0.15, -0.1) is 6.58 Å². The topological polar surface area (TPSA) is 29.5 Å². The summed E-state index contributed by atoms with van der Waals surface area (Å²) in [6.07, 6.45) is -3.88. The summed E-state index contributed by atoms with van der Waals surface area (Å²) in [6, 6.07) is 5.36. The Morgan fingerprint density at radius 3 is 2.12 bits per heavy atom. The molecular formula is C12H13F3O2. The van der Waals surface area contributed by atoms with Crippen molar-refractivity contribution in [2.24, 2.45) is 0 Å². The second kappa shape index (κ2) is 4.79. The third kappa shape index (κ3) is 2.29. The monoisotopic (exact) mass is 246 g/mol. The van der Waals surface area contributed by atoms with Gasteiger partial charge in [0.05, 0.1) is 13.7 Å². The van der Waals surface area contributed by atoms with Crippen molar-refractivity contribution in [3.63, 3.8) is 0 Å². The highest BCUT2D eigenvalue weighted by Gasteiger charge is 2.53. The zero-order valence-electron chi connectivity index (χ0n) is 9.29. The summed E-state index contributed by atoms with van der Waals surface area (Å²) in [6.45, 7) is 2.10. The summed E-state index contributed by atoms with van der Waals surface area (Å²) in [7, 11) is 1.42. The Bertz CT molecular complexity index is 384. The Balaban J connectivity index is 3.27. The molecule has 0 unspecified atom stereocenters. The van der Waals surface area contributed by atoms with Crippen LogP contribution in [0.2, 0.25) is 0 Å². The van der Waals surface area contributed by atoms with Crippen molar-refractivity contribution in [3.8, 4) is 5.75 Å². The molecule has 0 amide bonds. The molecule has 1 aromatic rings. The summed E-state index contributed by atoms with van der Waals surface area (Å²) in [4.78, 5) is 0. The van der Waals surface area contributed by atoms with Gasteiger partial charge in [-0.25, -0.2) is 0 Å². The molecule has 0 saturated heterocycles. The average Bonchev–Trinajstić information content (AvgIpc) is 2.30. The minimum atomic E-state index is -4.60. The SMILES string of the molecule is C=C[C@@](CO)(c1ccc(OC)cc1)C(F)(F)F. The standard InChI is InChI=1S/C12H13F3O2/c1-3-11(8-16,12(13,14)15)9-4-6-10(17-2)7-5-9/h3-7,16H,1,8H2,2H3/t11-/m1/s1. The molecule has 1 atom stereocenters. The predicted molar refractivity (Wildman–Crippen MR) is 58.0 cm³/mol. The zero-order chi connectivity index (χ0) is 13.1. The van der Waals surface area contributed by atoms with Crippen LogP contribution in [-0.2, 0) is 5.41 Å². The molecule has 0 aliphatic heterocycles. The number of methoxy groups -OCH3 is 1. The van der Waals surface area contributed by atoms with Crippen molar-refractivity contribution in [3.05, 3.63) is 42.5 Å². The number of ether oxygens (including phenoxy) is 1. The first-order valence-electron chi connectivity index (χ1n) is 4.87. The third-order valence-electron chi connectivity index (χ3n) is 2.71. The van der Waals surface area contributed by atoms with E-state index in [0.29, 0.717) is 5.75 Å². The van der Waals surface area contributed by atoms with Crippen molar-refractivity contribution in [1.82, 2.24) is 0 Å². The fourth-order valence-corrected chi connectivity index (χ4v) is 1.53. The lowest BCUT2D eigenvalue weighted by molar-refractivity contribution is -0.185. The maximum Gasteiger partial charge on any atom is 0.404 e. The molecular weight excluding hydrogens is 233 g/mol.